The summed E-state index contributed by atoms with van der Waals surface area (Å²) in [7, 11) is 0. The Kier molecular flexibility index (Phi) is 29.5. The molecule has 5 fully saturated rings. The van der Waals surface area contributed by atoms with E-state index in [0.29, 0.717) is 41.6 Å². The lowest BCUT2D eigenvalue weighted by atomic mass is 9.96. The molecule has 13 heterocycles. The third-order valence-corrected chi connectivity index (χ3v) is 26.4. The standard InChI is InChI=1S/C25H24N4O.C23H27N3O.C22H24ClN3O.2C20H22N4O/c30-25(22-19-29-14-8-7-13-23(29)26-22)28-17-15-27(16-18-28)24(20-9-3-1-4-10-20)21-11-5-2-6-12-21;1-16-4-5-21-20(13-16)14-22(24-21)23(27)26-8-6-25(7-9-26)15-19-11-17(2)10-18(3)12-19;1-15-3-6-20-18(11-15)13-21(24-20)22(27)26-9-7-25(8-10-26)14-17-5-4-16(2)19(23)12-17;1-15-4-5-18-17(11-15)12-19(22-18)20(25)24-9-7-23(8-10-24)14-16-3-2-6-21-13-16;1-15-5-6-18-16(12-15)13-19(22-18)20(25)24-10-8-23(9-11-24)14-17-4-2-3-7-21-17/h1-14,19,24H,15-18H2;4-5,10-14,24H,6-9,15H2,1-3H3;3-6,11-13,24H,7-10,14H2,1-2H3;2-6,11-13,22H,7-10,14H2,1H3;2-7,12-13,22H,8-11,14H2,1H3. The van der Waals surface area contributed by atoms with Gasteiger partial charge in [0.25, 0.3) is 29.5 Å². The fourth-order valence-electron chi connectivity index (χ4n) is 18.7. The Morgan fingerprint density at radius 3 is 1.13 bits per heavy atom. The summed E-state index contributed by atoms with van der Waals surface area (Å²) >= 11 is 6.23. The predicted octanol–water partition coefficient (Wildman–Crippen LogP) is 18.0. The number of hydrogen-bond acceptors (Lipinski definition) is 13. The number of H-pyrrole nitrogens is 4. The van der Waals surface area contributed by atoms with E-state index in [-0.39, 0.29) is 35.6 Å². The summed E-state index contributed by atoms with van der Waals surface area (Å²) in [5, 5.41) is 5.20. The SMILES string of the molecule is Cc1cc(C)cc(CN2CCN(C(=O)c3cc4cc(C)ccc4[nH]3)CC2)c1.Cc1ccc2[nH]c(C(=O)N3CCN(Cc4ccc(C)c(Cl)c4)CC3)cc2c1.Cc1ccc2[nH]c(C(=O)N3CCN(Cc4ccccn4)CC3)cc2c1.Cc1ccc2[nH]c(C(=O)N3CCN(Cc4cccnc4)CC3)cc2c1.O=C(c1cn2ccccc2n1)N1CCN(C(c2ccccc2)c2ccccc2)CC1. The van der Waals surface area contributed by atoms with Crippen molar-refractivity contribution >= 4 is 90.4 Å². The minimum absolute atomic E-state index is 0.00863. The number of fused-ring (bicyclic) bond motifs is 5. The van der Waals surface area contributed by atoms with Crippen molar-refractivity contribution in [2.45, 2.75) is 80.7 Å². The van der Waals surface area contributed by atoms with Gasteiger partial charge in [0.15, 0.2) is 0 Å². The van der Waals surface area contributed by atoms with Gasteiger partial charge in [-0.15, -0.1) is 0 Å². The number of halogens is 1. The maximum absolute atomic E-state index is 13.0. The maximum atomic E-state index is 13.0. The maximum Gasteiger partial charge on any atom is 0.274 e. The number of carbonyl (C=O) groups is 5. The Morgan fingerprint density at radius 2 is 0.731 bits per heavy atom. The highest BCUT2D eigenvalue weighted by molar-refractivity contribution is 6.31. The monoisotopic (exact) mass is 1810 g/mol. The highest BCUT2D eigenvalue weighted by atomic mass is 35.5. The van der Waals surface area contributed by atoms with E-state index < -0.39 is 0 Å². The van der Waals surface area contributed by atoms with Crippen molar-refractivity contribution in [2.24, 2.45) is 0 Å². The van der Waals surface area contributed by atoms with Crippen LogP contribution in [0.2, 0.25) is 5.02 Å². The molecule has 21 rings (SSSR count). The summed E-state index contributed by atoms with van der Waals surface area (Å²) in [5.74, 6) is 0.382. The molecule has 24 heteroatoms. The lowest BCUT2D eigenvalue weighted by Gasteiger charge is -2.39. The fraction of sp³-hybridized carbons (Fsp3) is 0.291. The molecule has 0 unspecified atom stereocenters. The lowest BCUT2D eigenvalue weighted by Crippen LogP contribution is -2.50. The van der Waals surface area contributed by atoms with Gasteiger partial charge in [-0.1, -0.05) is 178 Å². The van der Waals surface area contributed by atoms with E-state index >= 15 is 0 Å². The van der Waals surface area contributed by atoms with Crippen LogP contribution in [0.5, 0.6) is 0 Å². The largest absolute Gasteiger partial charge is 0.351 e. The number of carbonyl (C=O) groups excluding carboxylic acids is 5. The zero-order valence-electron chi connectivity index (χ0n) is 77.7. The average molecular weight is 1810 g/mol. The molecule has 0 saturated carbocycles. The Bertz CT molecular complexity index is 6490. The van der Waals surface area contributed by atoms with E-state index in [9.17, 15) is 24.0 Å². The molecular weight excluding hydrogens is 1690 g/mol. The van der Waals surface area contributed by atoms with Crippen molar-refractivity contribution in [1.29, 1.82) is 0 Å². The number of benzene rings is 8. The summed E-state index contributed by atoms with van der Waals surface area (Å²) in [6.07, 6.45) is 9.26. The molecule has 0 radical (unpaired) electrons. The molecule has 0 aliphatic carbocycles. The number of rotatable bonds is 16. The summed E-state index contributed by atoms with van der Waals surface area (Å²) < 4.78 is 1.89. The number of imidazole rings is 1. The van der Waals surface area contributed by atoms with Crippen molar-refractivity contribution in [3.63, 3.8) is 0 Å². The molecular formula is C110H119ClN18O5. The molecule has 0 atom stereocenters. The topological polar surface area (TPSA) is 224 Å². The Morgan fingerprint density at radius 1 is 0.336 bits per heavy atom. The van der Waals surface area contributed by atoms with Crippen LogP contribution in [-0.2, 0) is 26.2 Å². The van der Waals surface area contributed by atoms with Crippen LogP contribution in [0.4, 0.5) is 0 Å². The van der Waals surface area contributed by atoms with Crippen molar-refractivity contribution in [2.75, 3.05) is 131 Å². The summed E-state index contributed by atoms with van der Waals surface area (Å²) in [6, 6.07) is 82.9. The highest BCUT2D eigenvalue weighted by Gasteiger charge is 2.32. The number of hydrogen-bond donors (Lipinski definition) is 4. The second kappa shape index (κ2) is 42.9. The van der Waals surface area contributed by atoms with E-state index in [1.807, 2.05) is 158 Å². The average Bonchev–Trinajstić information content (AvgIpc) is 0.986. The van der Waals surface area contributed by atoms with E-state index in [2.05, 4.69) is 247 Å². The number of nitrogens with zero attached hydrogens (tertiary/aromatic N) is 14. The molecule has 686 valence electrons. The second-order valence-corrected chi connectivity index (χ2v) is 36.7. The molecule has 0 bridgehead atoms. The first kappa shape index (κ1) is 92.2. The minimum Gasteiger partial charge on any atom is -0.351 e. The number of piperazine rings is 5. The molecule has 5 aliphatic heterocycles. The molecule has 8 aromatic carbocycles. The molecule has 134 heavy (non-hydrogen) atoms. The van der Waals surface area contributed by atoms with Gasteiger partial charge < -0.3 is 48.8 Å². The van der Waals surface area contributed by atoms with E-state index in [1.54, 1.807) is 6.20 Å². The lowest BCUT2D eigenvalue weighted by molar-refractivity contribution is 0.0589. The Labute approximate surface area is 789 Å². The van der Waals surface area contributed by atoms with E-state index in [1.165, 1.54) is 61.2 Å². The van der Waals surface area contributed by atoms with Gasteiger partial charge in [0.05, 0.1) is 11.7 Å². The van der Waals surface area contributed by atoms with Crippen LogP contribution in [0, 0.1) is 48.5 Å². The van der Waals surface area contributed by atoms with Gasteiger partial charge in [-0.3, -0.25) is 58.4 Å². The Balaban J connectivity index is 0.000000117. The smallest absolute Gasteiger partial charge is 0.274 e. The van der Waals surface area contributed by atoms with Gasteiger partial charge in [-0.05, 0) is 191 Å². The van der Waals surface area contributed by atoms with Crippen LogP contribution in [-0.4, -0.2) is 249 Å². The third kappa shape index (κ3) is 23.3. The van der Waals surface area contributed by atoms with Crippen LogP contribution in [0.3, 0.4) is 0 Å². The fourth-order valence-corrected chi connectivity index (χ4v) is 18.9. The van der Waals surface area contributed by atoms with Crippen LogP contribution in [0.1, 0.15) is 131 Å². The zero-order chi connectivity index (χ0) is 92.7. The van der Waals surface area contributed by atoms with Gasteiger partial charge in [0, 0.05) is 237 Å². The van der Waals surface area contributed by atoms with Gasteiger partial charge in [-0.2, -0.15) is 0 Å². The molecule has 5 saturated heterocycles. The first-order chi connectivity index (χ1) is 65.1. The van der Waals surface area contributed by atoms with E-state index in [4.69, 9.17) is 11.6 Å². The quantitative estimate of drug-likeness (QED) is 0.0707. The minimum atomic E-state index is 0.00863. The van der Waals surface area contributed by atoms with Crippen LogP contribution in [0.15, 0.2) is 274 Å². The van der Waals surface area contributed by atoms with Crippen molar-refractivity contribution in [3.8, 4) is 0 Å². The third-order valence-electron chi connectivity index (χ3n) is 26.0. The number of pyridine rings is 3. The van der Waals surface area contributed by atoms with Crippen LogP contribution < -0.4 is 0 Å². The number of amides is 5. The van der Waals surface area contributed by atoms with Crippen LogP contribution >= 0.6 is 11.6 Å². The predicted molar refractivity (Wildman–Crippen MR) is 535 cm³/mol. The van der Waals surface area contributed by atoms with Crippen molar-refractivity contribution in [3.05, 3.63) is 380 Å². The van der Waals surface area contributed by atoms with Gasteiger partial charge in [-0.25, -0.2) is 4.98 Å². The van der Waals surface area contributed by atoms with Gasteiger partial charge in [0.1, 0.15) is 34.1 Å². The molecule has 5 amide bonds. The first-order valence-corrected chi connectivity index (χ1v) is 47.1. The summed E-state index contributed by atoms with van der Waals surface area (Å²) in [6.45, 7) is 34.3. The van der Waals surface area contributed by atoms with Gasteiger partial charge >= 0.3 is 0 Å². The molecule has 4 N–H and O–H groups in total. The number of aromatic nitrogens is 8. The van der Waals surface area contributed by atoms with E-state index in [0.717, 1.165) is 210 Å². The zero-order valence-corrected chi connectivity index (χ0v) is 78.5. The van der Waals surface area contributed by atoms with Crippen LogP contribution in [0.25, 0.3) is 49.3 Å². The first-order valence-electron chi connectivity index (χ1n) is 46.8. The molecule has 5 aliphatic rings. The number of nitrogens with one attached hydrogen (secondary N) is 4. The number of aromatic amines is 4. The molecule has 16 aromatic rings. The molecule has 8 aromatic heterocycles. The van der Waals surface area contributed by atoms with Crippen molar-refractivity contribution in [1.82, 2.24) is 88.3 Å². The van der Waals surface area contributed by atoms with Crippen molar-refractivity contribution < 1.29 is 24.0 Å². The normalized spacial score (nSPS) is 15.4. The summed E-state index contributed by atoms with van der Waals surface area (Å²) in [5.41, 5.74) is 24.1. The molecule has 0 spiro atoms. The summed E-state index contributed by atoms with van der Waals surface area (Å²) in [4.78, 5) is 112. The number of aryl methyl sites for hydroxylation is 7. The van der Waals surface area contributed by atoms with Gasteiger partial charge in [0.2, 0.25) is 0 Å². The highest BCUT2D eigenvalue weighted by Crippen LogP contribution is 2.32. The second-order valence-electron chi connectivity index (χ2n) is 36.3. The Hall–Kier alpha value is -13.7. The molecule has 23 nitrogen and oxygen atoms in total.